The molecule has 1 fully saturated rings. The maximum atomic E-state index is 13.3. The predicted octanol–water partition coefficient (Wildman–Crippen LogP) is 3.45. The van der Waals surface area contributed by atoms with Gasteiger partial charge >= 0.3 is 0 Å². The van der Waals surface area contributed by atoms with Gasteiger partial charge in [-0.25, -0.2) is 14.4 Å². The monoisotopic (exact) mass is 317 g/mol. The average molecular weight is 317 g/mol. The van der Waals surface area contributed by atoms with Gasteiger partial charge in [-0.05, 0) is 30.9 Å². The summed E-state index contributed by atoms with van der Waals surface area (Å²) in [5.41, 5.74) is 0.463. The van der Waals surface area contributed by atoms with Gasteiger partial charge in [-0.2, -0.15) is 4.98 Å². The van der Waals surface area contributed by atoms with Crippen molar-refractivity contribution in [1.82, 2.24) is 15.0 Å². The third kappa shape index (κ3) is 4.28. The van der Waals surface area contributed by atoms with E-state index in [0.29, 0.717) is 23.5 Å². The normalized spacial score (nSPS) is 15.3. The van der Waals surface area contributed by atoms with Crippen molar-refractivity contribution in [3.05, 3.63) is 30.3 Å². The van der Waals surface area contributed by atoms with Gasteiger partial charge in [0.25, 0.3) is 0 Å². The van der Waals surface area contributed by atoms with Gasteiger partial charge in [0.2, 0.25) is 11.9 Å². The van der Waals surface area contributed by atoms with Crippen molar-refractivity contribution in [1.29, 1.82) is 0 Å². The third-order valence-electron chi connectivity index (χ3n) is 4.05. The molecule has 3 N–H and O–H groups in total. The number of phenols is 1. The minimum atomic E-state index is -0.695. The van der Waals surface area contributed by atoms with E-state index in [2.05, 4.69) is 25.6 Å². The fourth-order valence-corrected chi connectivity index (χ4v) is 2.78. The lowest BCUT2D eigenvalue weighted by atomic mass is 9.89. The highest BCUT2D eigenvalue weighted by molar-refractivity contribution is 5.55. The molecule has 0 saturated heterocycles. The Hall–Kier alpha value is -2.44. The molecular formula is C16H20FN5O. The van der Waals surface area contributed by atoms with Crippen molar-refractivity contribution in [2.45, 2.75) is 32.1 Å². The first-order chi connectivity index (χ1) is 11.2. The number of nitrogens with one attached hydrogen (secondary N) is 2. The van der Waals surface area contributed by atoms with Gasteiger partial charge < -0.3 is 15.7 Å². The van der Waals surface area contributed by atoms with Crippen molar-refractivity contribution in [2.24, 2.45) is 5.92 Å². The largest absolute Gasteiger partial charge is 0.505 e. The minimum absolute atomic E-state index is 0.330. The molecule has 0 atom stereocenters. The highest BCUT2D eigenvalue weighted by atomic mass is 19.1. The molecule has 23 heavy (non-hydrogen) atoms. The number of hydrogen-bond acceptors (Lipinski definition) is 6. The highest BCUT2D eigenvalue weighted by Gasteiger charge is 2.13. The minimum Gasteiger partial charge on any atom is -0.505 e. The fraction of sp³-hybridized carbons (Fsp3) is 0.438. The average Bonchev–Trinajstić information content (AvgIpc) is 2.58. The number of nitrogens with zero attached hydrogens (tertiary/aromatic N) is 3. The van der Waals surface area contributed by atoms with Crippen LogP contribution in [-0.2, 0) is 0 Å². The Bertz CT molecular complexity index is 661. The van der Waals surface area contributed by atoms with Crippen molar-refractivity contribution in [3.8, 4) is 5.75 Å². The number of aromatic hydroxyl groups is 1. The molecule has 1 aliphatic rings. The first-order valence-corrected chi connectivity index (χ1v) is 7.89. The van der Waals surface area contributed by atoms with Gasteiger partial charge in [0.1, 0.15) is 6.33 Å². The van der Waals surface area contributed by atoms with Crippen LogP contribution in [0.4, 0.5) is 22.0 Å². The molecule has 3 rings (SSSR count). The summed E-state index contributed by atoms with van der Waals surface area (Å²) in [4.78, 5) is 12.4. The molecule has 0 amide bonds. The number of benzene rings is 1. The van der Waals surface area contributed by atoms with Gasteiger partial charge in [-0.1, -0.05) is 19.3 Å². The maximum Gasteiger partial charge on any atom is 0.231 e. The van der Waals surface area contributed by atoms with E-state index in [4.69, 9.17) is 0 Å². The second kappa shape index (κ2) is 7.21. The van der Waals surface area contributed by atoms with Crippen molar-refractivity contribution in [2.75, 3.05) is 17.2 Å². The van der Waals surface area contributed by atoms with E-state index in [0.717, 1.165) is 6.54 Å². The number of phenolic OH excluding ortho intramolecular Hbond substituents is 1. The molecule has 1 heterocycles. The van der Waals surface area contributed by atoms with E-state index in [1.165, 1.54) is 50.6 Å². The van der Waals surface area contributed by atoms with E-state index in [1.807, 2.05) is 0 Å². The molecule has 7 heteroatoms. The van der Waals surface area contributed by atoms with Crippen LogP contribution >= 0.6 is 0 Å². The molecule has 0 radical (unpaired) electrons. The second-order valence-corrected chi connectivity index (χ2v) is 5.81. The Morgan fingerprint density at radius 3 is 2.70 bits per heavy atom. The maximum absolute atomic E-state index is 13.3. The first-order valence-electron chi connectivity index (χ1n) is 7.89. The molecule has 0 aliphatic heterocycles. The van der Waals surface area contributed by atoms with Crippen LogP contribution in [0.1, 0.15) is 32.1 Å². The molecule has 1 aliphatic carbocycles. The molecule has 0 spiro atoms. The zero-order valence-corrected chi connectivity index (χ0v) is 12.8. The summed E-state index contributed by atoms with van der Waals surface area (Å²) in [5, 5.41) is 15.3. The van der Waals surface area contributed by atoms with Gasteiger partial charge in [-0.15, -0.1) is 0 Å². The summed E-state index contributed by atoms with van der Waals surface area (Å²) in [5.74, 6) is 0.424. The summed E-state index contributed by atoms with van der Waals surface area (Å²) in [6.07, 6.45) is 7.83. The first kappa shape index (κ1) is 15.5. The molecular weight excluding hydrogens is 297 g/mol. The van der Waals surface area contributed by atoms with E-state index < -0.39 is 5.82 Å². The van der Waals surface area contributed by atoms with Crippen LogP contribution in [0.25, 0.3) is 0 Å². The number of rotatable bonds is 5. The van der Waals surface area contributed by atoms with E-state index in [9.17, 15) is 9.50 Å². The predicted molar refractivity (Wildman–Crippen MR) is 86.2 cm³/mol. The smallest absolute Gasteiger partial charge is 0.231 e. The fourth-order valence-electron chi connectivity index (χ4n) is 2.78. The number of anilines is 3. The topological polar surface area (TPSA) is 83.0 Å². The molecule has 6 nitrogen and oxygen atoms in total. The SMILES string of the molecule is Oc1ccc(Nc2ncnc(NCC3CCCCC3)n2)cc1F. The van der Waals surface area contributed by atoms with Crippen LogP contribution in [0.2, 0.25) is 0 Å². The molecule has 1 aromatic heterocycles. The Kier molecular flexibility index (Phi) is 4.85. The molecule has 2 aromatic rings. The molecule has 0 bridgehead atoms. The van der Waals surface area contributed by atoms with Crippen LogP contribution < -0.4 is 10.6 Å². The molecule has 0 unspecified atom stereocenters. The van der Waals surface area contributed by atoms with Crippen molar-refractivity contribution in [3.63, 3.8) is 0 Å². The number of aromatic nitrogens is 3. The lowest BCUT2D eigenvalue weighted by Crippen LogP contribution is -2.18. The van der Waals surface area contributed by atoms with E-state index in [1.54, 1.807) is 6.07 Å². The summed E-state index contributed by atoms with van der Waals surface area (Å²) >= 11 is 0. The summed E-state index contributed by atoms with van der Waals surface area (Å²) < 4.78 is 13.3. The van der Waals surface area contributed by atoms with Gasteiger partial charge in [0.15, 0.2) is 11.6 Å². The Balaban J connectivity index is 1.61. The van der Waals surface area contributed by atoms with Crippen molar-refractivity contribution >= 4 is 17.6 Å². The van der Waals surface area contributed by atoms with E-state index in [-0.39, 0.29) is 5.75 Å². The summed E-state index contributed by atoms with van der Waals surface area (Å²) in [6, 6.07) is 4.02. The van der Waals surface area contributed by atoms with Gasteiger partial charge in [0, 0.05) is 18.3 Å². The van der Waals surface area contributed by atoms with Crippen molar-refractivity contribution < 1.29 is 9.50 Å². The Morgan fingerprint density at radius 1 is 1.13 bits per heavy atom. The van der Waals surface area contributed by atoms with Crippen LogP contribution in [0.5, 0.6) is 5.75 Å². The van der Waals surface area contributed by atoms with Crippen LogP contribution in [0.3, 0.4) is 0 Å². The zero-order valence-electron chi connectivity index (χ0n) is 12.8. The van der Waals surface area contributed by atoms with Gasteiger partial charge in [-0.3, -0.25) is 0 Å². The van der Waals surface area contributed by atoms with E-state index >= 15 is 0 Å². The highest BCUT2D eigenvalue weighted by Crippen LogP contribution is 2.24. The standard InChI is InChI=1S/C16H20FN5O/c17-13-8-12(6-7-14(13)23)21-16-20-10-19-15(22-16)18-9-11-4-2-1-3-5-11/h6-8,10-11,23H,1-5,9H2,(H2,18,19,20,21,22). The Labute approximate surface area is 134 Å². The Morgan fingerprint density at radius 2 is 1.91 bits per heavy atom. The number of hydrogen-bond donors (Lipinski definition) is 3. The summed E-state index contributed by atoms with van der Waals surface area (Å²) in [7, 11) is 0. The van der Waals surface area contributed by atoms with Crippen LogP contribution in [0.15, 0.2) is 24.5 Å². The molecule has 122 valence electrons. The number of halogens is 1. The lowest BCUT2D eigenvalue weighted by molar-refractivity contribution is 0.373. The zero-order chi connectivity index (χ0) is 16.1. The second-order valence-electron chi connectivity index (χ2n) is 5.81. The quantitative estimate of drug-likeness (QED) is 0.733. The third-order valence-corrected chi connectivity index (χ3v) is 4.05. The molecule has 1 saturated carbocycles. The van der Waals surface area contributed by atoms with Gasteiger partial charge in [0.05, 0.1) is 0 Å². The molecule has 1 aromatic carbocycles. The van der Waals surface area contributed by atoms with Crippen LogP contribution in [-0.4, -0.2) is 26.6 Å². The summed E-state index contributed by atoms with van der Waals surface area (Å²) in [6.45, 7) is 0.858. The lowest BCUT2D eigenvalue weighted by Gasteiger charge is -2.21. The van der Waals surface area contributed by atoms with Crippen LogP contribution in [0, 0.1) is 11.7 Å².